The van der Waals surface area contributed by atoms with Gasteiger partial charge in [-0.25, -0.2) is 0 Å². The molecule has 0 radical (unpaired) electrons. The first kappa shape index (κ1) is 18.0. The maximum Gasteiger partial charge on any atom is 0.255 e. The average molecular weight is 408 g/mol. The van der Waals surface area contributed by atoms with E-state index in [4.69, 9.17) is 33.7 Å². The third kappa shape index (κ3) is 3.00. The van der Waals surface area contributed by atoms with Gasteiger partial charge in [0.25, 0.3) is 17.7 Å². The number of ether oxygens (including phenoxy) is 1. The number of halogens is 2. The number of hydrazone groups is 1. The Morgan fingerprint density at radius 3 is 2.26 bits per heavy atom. The van der Waals surface area contributed by atoms with Crippen LogP contribution in [0.3, 0.4) is 0 Å². The van der Waals surface area contributed by atoms with Crippen LogP contribution in [0.5, 0.6) is 5.75 Å². The van der Waals surface area contributed by atoms with Gasteiger partial charge in [-0.2, -0.15) is 10.1 Å². The fraction of sp³-hybridized carbons (Fsp3) is 0.333. The monoisotopic (exact) mass is 407 g/mol. The topological polar surface area (TPSA) is 102 Å². The van der Waals surface area contributed by atoms with Crippen LogP contribution in [0.25, 0.3) is 0 Å². The highest BCUT2D eigenvalue weighted by Gasteiger charge is 2.59. The van der Waals surface area contributed by atoms with Crippen LogP contribution in [-0.4, -0.2) is 35.6 Å². The molecule has 4 unspecified atom stereocenters. The van der Waals surface area contributed by atoms with Gasteiger partial charge in [-0.05, 0) is 36.0 Å². The third-order valence-corrected chi connectivity index (χ3v) is 5.71. The number of nitrogens with two attached hydrogens (primary N) is 1. The number of fused-ring (bicyclic) bond motifs is 5. The predicted molar refractivity (Wildman–Crippen MR) is 98.3 cm³/mol. The van der Waals surface area contributed by atoms with E-state index in [9.17, 15) is 14.4 Å². The Labute approximate surface area is 164 Å². The van der Waals surface area contributed by atoms with E-state index in [1.807, 2.05) is 12.2 Å². The van der Waals surface area contributed by atoms with E-state index in [1.165, 1.54) is 18.3 Å². The molecule has 4 atom stereocenters. The van der Waals surface area contributed by atoms with E-state index in [2.05, 4.69) is 5.10 Å². The van der Waals surface area contributed by atoms with Crippen molar-refractivity contribution >= 4 is 47.1 Å². The minimum absolute atomic E-state index is 0.125. The Bertz CT molecular complexity index is 861. The fourth-order valence-electron chi connectivity index (χ4n) is 4.06. The summed E-state index contributed by atoms with van der Waals surface area (Å²) < 4.78 is 5.17. The average Bonchev–Trinajstić information content (AvgIpc) is 3.27. The number of imide groups is 1. The molecule has 1 aromatic carbocycles. The zero-order valence-corrected chi connectivity index (χ0v) is 15.5. The van der Waals surface area contributed by atoms with E-state index < -0.39 is 5.91 Å². The molecule has 1 saturated heterocycles. The summed E-state index contributed by atoms with van der Waals surface area (Å²) in [6.07, 6.45) is 6.26. The lowest BCUT2D eigenvalue weighted by Gasteiger charge is -2.13. The van der Waals surface area contributed by atoms with Crippen molar-refractivity contribution in [3.63, 3.8) is 0 Å². The molecule has 3 aliphatic rings. The number of amides is 3. The van der Waals surface area contributed by atoms with Gasteiger partial charge in [0.15, 0.2) is 12.4 Å². The number of allylic oxidation sites excluding steroid dienone is 2. The normalized spacial score (nSPS) is 28.4. The Morgan fingerprint density at radius 2 is 1.74 bits per heavy atom. The van der Waals surface area contributed by atoms with Crippen LogP contribution in [-0.2, 0) is 14.4 Å². The molecule has 1 heterocycles. The third-order valence-electron chi connectivity index (χ3n) is 5.15. The number of carbonyl (C=O) groups is 3. The number of benzene rings is 1. The number of hydrogen-bond acceptors (Lipinski definition) is 5. The van der Waals surface area contributed by atoms with Crippen molar-refractivity contribution in [2.45, 2.75) is 6.42 Å². The second-order valence-electron chi connectivity index (χ2n) is 6.80. The second-order valence-corrected chi connectivity index (χ2v) is 7.62. The van der Waals surface area contributed by atoms with Crippen LogP contribution in [0.1, 0.15) is 12.0 Å². The number of rotatable bonds is 5. The minimum atomic E-state index is -0.659. The molecular weight excluding hydrogens is 393 g/mol. The zero-order chi connectivity index (χ0) is 19.3. The molecular formula is C18H15Cl2N3O4. The van der Waals surface area contributed by atoms with E-state index in [0.717, 1.165) is 11.4 Å². The van der Waals surface area contributed by atoms with Gasteiger partial charge in [-0.3, -0.25) is 14.4 Å². The number of nitrogens with zero attached hydrogens (tertiary/aromatic N) is 2. The molecule has 2 fully saturated rings. The van der Waals surface area contributed by atoms with Gasteiger partial charge in [0.2, 0.25) is 0 Å². The van der Waals surface area contributed by atoms with Crippen molar-refractivity contribution in [2.75, 3.05) is 6.61 Å². The molecule has 0 aromatic heterocycles. The summed E-state index contributed by atoms with van der Waals surface area (Å²) in [6, 6.07) is 3.01. The second kappa shape index (κ2) is 6.65. The molecule has 27 heavy (non-hydrogen) atoms. The summed E-state index contributed by atoms with van der Waals surface area (Å²) in [4.78, 5) is 36.0. The maximum atomic E-state index is 12.6. The fourth-order valence-corrected chi connectivity index (χ4v) is 4.67. The Balaban J connectivity index is 1.53. The lowest BCUT2D eigenvalue weighted by atomic mass is 9.85. The summed E-state index contributed by atoms with van der Waals surface area (Å²) in [5.74, 6) is -1.42. The van der Waals surface area contributed by atoms with Gasteiger partial charge in [0, 0.05) is 0 Å². The molecule has 2 N–H and O–H groups in total. The molecule has 2 aliphatic carbocycles. The molecule has 140 valence electrons. The summed E-state index contributed by atoms with van der Waals surface area (Å²) in [7, 11) is 0. The van der Waals surface area contributed by atoms with Crippen molar-refractivity contribution in [3.8, 4) is 5.75 Å². The van der Waals surface area contributed by atoms with E-state index >= 15 is 0 Å². The van der Waals surface area contributed by atoms with Gasteiger partial charge < -0.3 is 10.5 Å². The molecule has 1 aromatic rings. The van der Waals surface area contributed by atoms with Gasteiger partial charge in [-0.15, -0.1) is 0 Å². The van der Waals surface area contributed by atoms with Crippen LogP contribution < -0.4 is 10.5 Å². The first-order valence-electron chi connectivity index (χ1n) is 8.37. The Kier molecular flexibility index (Phi) is 4.44. The van der Waals surface area contributed by atoms with E-state index in [1.54, 1.807) is 0 Å². The lowest BCUT2D eigenvalue weighted by molar-refractivity contribution is -0.140. The van der Waals surface area contributed by atoms with Gasteiger partial charge >= 0.3 is 0 Å². The Morgan fingerprint density at radius 1 is 1.19 bits per heavy atom. The van der Waals surface area contributed by atoms with Crippen LogP contribution in [0.15, 0.2) is 29.4 Å². The number of carbonyl (C=O) groups excluding carboxylic acids is 3. The molecule has 3 amide bonds. The summed E-state index contributed by atoms with van der Waals surface area (Å²) in [5.41, 5.74) is 5.51. The predicted octanol–water partition coefficient (Wildman–Crippen LogP) is 2.00. The molecule has 4 rings (SSSR count). The van der Waals surface area contributed by atoms with E-state index in [-0.39, 0.29) is 57.9 Å². The summed E-state index contributed by atoms with van der Waals surface area (Å²) in [5, 5.41) is 5.33. The summed E-state index contributed by atoms with van der Waals surface area (Å²) in [6.45, 7) is -0.358. The number of primary amides is 1. The molecule has 2 bridgehead atoms. The highest BCUT2D eigenvalue weighted by molar-refractivity contribution is 6.37. The molecule has 1 aliphatic heterocycles. The highest BCUT2D eigenvalue weighted by Crippen LogP contribution is 2.52. The SMILES string of the molecule is NC(=O)COc1c(Cl)cc(C=NN2C(=O)C3C4C=CC(C4)C3C2=O)cc1Cl. The molecule has 0 spiro atoms. The molecule has 9 heteroatoms. The highest BCUT2D eigenvalue weighted by atomic mass is 35.5. The largest absolute Gasteiger partial charge is 0.481 e. The van der Waals surface area contributed by atoms with E-state index in [0.29, 0.717) is 5.56 Å². The van der Waals surface area contributed by atoms with Crippen LogP contribution in [0.4, 0.5) is 0 Å². The number of hydrogen-bond donors (Lipinski definition) is 1. The van der Waals surface area contributed by atoms with Crippen molar-refractivity contribution in [3.05, 3.63) is 39.9 Å². The summed E-state index contributed by atoms with van der Waals surface area (Å²) >= 11 is 12.2. The first-order chi connectivity index (χ1) is 12.9. The van der Waals surface area contributed by atoms with Crippen LogP contribution >= 0.6 is 23.2 Å². The van der Waals surface area contributed by atoms with Crippen LogP contribution in [0.2, 0.25) is 10.0 Å². The molecule has 1 saturated carbocycles. The van der Waals surface area contributed by atoms with Gasteiger partial charge in [-0.1, -0.05) is 35.4 Å². The van der Waals surface area contributed by atoms with Gasteiger partial charge in [0.05, 0.1) is 28.1 Å². The van der Waals surface area contributed by atoms with Crippen molar-refractivity contribution in [1.29, 1.82) is 0 Å². The smallest absolute Gasteiger partial charge is 0.255 e. The van der Waals surface area contributed by atoms with Crippen molar-refractivity contribution in [1.82, 2.24) is 5.01 Å². The first-order valence-corrected chi connectivity index (χ1v) is 9.12. The van der Waals surface area contributed by atoms with Crippen LogP contribution in [0, 0.1) is 23.7 Å². The maximum absolute atomic E-state index is 12.6. The standard InChI is InChI=1S/C18H15Cl2N3O4/c19-11-3-8(4-12(20)16(11)27-7-13(21)24)6-22-23-17(25)14-9-1-2-10(5-9)15(14)18(23)26/h1-4,6,9-10,14-15H,5,7H2,(H2,21,24). The zero-order valence-electron chi connectivity index (χ0n) is 14.0. The van der Waals surface area contributed by atoms with Crippen molar-refractivity contribution in [2.24, 2.45) is 34.5 Å². The van der Waals surface area contributed by atoms with Gasteiger partial charge in [0.1, 0.15) is 0 Å². The minimum Gasteiger partial charge on any atom is -0.481 e. The Hall–Kier alpha value is -2.38. The molecule has 7 nitrogen and oxygen atoms in total. The lowest BCUT2D eigenvalue weighted by Crippen LogP contribution is -2.28. The van der Waals surface area contributed by atoms with Crippen molar-refractivity contribution < 1.29 is 19.1 Å². The quantitative estimate of drug-likeness (QED) is 0.457.